The first kappa shape index (κ1) is 22.5. The van der Waals surface area contributed by atoms with Crippen LogP contribution < -0.4 is 5.32 Å². The molecule has 2 aromatic carbocycles. The number of nitrogens with one attached hydrogen (secondary N) is 1. The topological polar surface area (TPSA) is 95.9 Å². The second-order valence-electron chi connectivity index (χ2n) is 6.62. The van der Waals surface area contributed by atoms with Crippen molar-refractivity contribution >= 4 is 57.8 Å². The highest BCUT2D eigenvalue weighted by Gasteiger charge is 2.31. The number of esters is 1. The first-order chi connectivity index (χ1) is 14.9. The summed E-state index contributed by atoms with van der Waals surface area (Å²) in [4.78, 5) is 38.3. The fraction of sp³-hybridized carbons (Fsp3) is 0.182. The Labute approximate surface area is 189 Å². The fourth-order valence-electron chi connectivity index (χ4n) is 2.87. The third kappa shape index (κ3) is 5.71. The normalized spacial score (nSPS) is 14.7. The molecule has 1 fully saturated rings. The van der Waals surface area contributed by atoms with Gasteiger partial charge in [0.25, 0.3) is 5.91 Å². The number of rotatable bonds is 7. The van der Waals surface area contributed by atoms with Gasteiger partial charge < -0.3 is 15.2 Å². The number of ether oxygens (including phenoxy) is 1. The number of methoxy groups -OCH3 is 1. The van der Waals surface area contributed by atoms with Crippen LogP contribution in [0.3, 0.4) is 0 Å². The predicted molar refractivity (Wildman–Crippen MR) is 124 cm³/mol. The van der Waals surface area contributed by atoms with Crippen LogP contribution in [-0.4, -0.2) is 45.8 Å². The molecule has 0 spiro atoms. The number of phenols is 1. The van der Waals surface area contributed by atoms with E-state index in [0.717, 1.165) is 5.56 Å². The number of benzene rings is 2. The molecule has 160 valence electrons. The zero-order chi connectivity index (χ0) is 22.4. The van der Waals surface area contributed by atoms with E-state index in [1.807, 2.05) is 0 Å². The molecule has 31 heavy (non-hydrogen) atoms. The van der Waals surface area contributed by atoms with Crippen molar-refractivity contribution in [2.24, 2.45) is 0 Å². The maximum absolute atomic E-state index is 12.7. The van der Waals surface area contributed by atoms with Crippen molar-refractivity contribution in [2.45, 2.75) is 12.8 Å². The van der Waals surface area contributed by atoms with E-state index in [1.54, 1.807) is 48.5 Å². The van der Waals surface area contributed by atoms with Crippen molar-refractivity contribution in [3.63, 3.8) is 0 Å². The predicted octanol–water partition coefficient (Wildman–Crippen LogP) is 3.80. The van der Waals surface area contributed by atoms with Crippen LogP contribution in [0.5, 0.6) is 5.75 Å². The number of phenolic OH excluding ortho intramolecular Hbond substituents is 1. The molecule has 0 bridgehead atoms. The summed E-state index contributed by atoms with van der Waals surface area (Å²) in [7, 11) is 1.32. The lowest BCUT2D eigenvalue weighted by Crippen LogP contribution is -2.29. The van der Waals surface area contributed by atoms with Gasteiger partial charge in [-0.15, -0.1) is 0 Å². The summed E-state index contributed by atoms with van der Waals surface area (Å²) in [5.41, 5.74) is 1.53. The van der Waals surface area contributed by atoms with Crippen LogP contribution in [0.15, 0.2) is 53.4 Å². The minimum atomic E-state index is -0.426. The summed E-state index contributed by atoms with van der Waals surface area (Å²) < 4.78 is 5.10. The lowest BCUT2D eigenvalue weighted by Gasteiger charge is -2.14. The Hall–Kier alpha value is -3.17. The van der Waals surface area contributed by atoms with Crippen LogP contribution in [0.4, 0.5) is 5.69 Å². The zero-order valence-corrected chi connectivity index (χ0v) is 18.3. The van der Waals surface area contributed by atoms with Crippen LogP contribution in [0.25, 0.3) is 6.08 Å². The molecule has 9 heteroatoms. The number of para-hydroxylation sites is 2. The highest BCUT2D eigenvalue weighted by atomic mass is 32.2. The van der Waals surface area contributed by atoms with Gasteiger partial charge >= 0.3 is 5.97 Å². The molecular weight excluding hydrogens is 436 g/mol. The van der Waals surface area contributed by atoms with E-state index in [0.29, 0.717) is 33.4 Å². The summed E-state index contributed by atoms with van der Waals surface area (Å²) in [5.74, 6) is -0.900. The van der Waals surface area contributed by atoms with Crippen LogP contribution >= 0.6 is 24.0 Å². The number of anilines is 1. The van der Waals surface area contributed by atoms with E-state index < -0.39 is 5.97 Å². The van der Waals surface area contributed by atoms with Crippen LogP contribution in [0.2, 0.25) is 0 Å². The average Bonchev–Trinajstić information content (AvgIpc) is 3.02. The molecule has 2 aromatic rings. The van der Waals surface area contributed by atoms with E-state index in [4.69, 9.17) is 12.2 Å². The molecule has 2 N–H and O–H groups in total. The third-order valence-electron chi connectivity index (χ3n) is 4.47. The Morgan fingerprint density at radius 1 is 1.19 bits per heavy atom. The zero-order valence-electron chi connectivity index (χ0n) is 16.7. The lowest BCUT2D eigenvalue weighted by molar-refractivity contribution is -0.122. The molecule has 3 rings (SSSR count). The summed E-state index contributed by atoms with van der Waals surface area (Å²) in [6.45, 7) is 0.317. The molecule has 7 nitrogen and oxygen atoms in total. The second kappa shape index (κ2) is 10.2. The number of thioether (sulfide) groups is 1. The number of aromatic hydroxyl groups is 1. The molecule has 0 saturated carbocycles. The molecule has 1 heterocycles. The molecule has 1 aliphatic rings. The van der Waals surface area contributed by atoms with Crippen molar-refractivity contribution < 1.29 is 24.2 Å². The number of carbonyl (C=O) groups excluding carboxylic acids is 3. The summed E-state index contributed by atoms with van der Waals surface area (Å²) in [6, 6.07) is 13.2. The smallest absolute Gasteiger partial charge is 0.337 e. The molecule has 1 aliphatic heterocycles. The van der Waals surface area contributed by atoms with E-state index in [9.17, 15) is 19.5 Å². The summed E-state index contributed by atoms with van der Waals surface area (Å²) in [5, 5.41) is 12.4. The average molecular weight is 457 g/mol. The molecular formula is C22H20N2O5S2. The van der Waals surface area contributed by atoms with Gasteiger partial charge in [-0.2, -0.15) is 0 Å². The standard InChI is InChI=1S/C22H20N2O5S2/c1-29-21(28)15-10-8-14(9-11-15)13-18-20(27)24(22(30)31-18)12-4-7-19(26)23-16-5-2-3-6-17(16)25/h2-3,5-6,8-11,13,25H,4,7,12H2,1H3,(H,23,26)/b18-13-. The van der Waals surface area contributed by atoms with Crippen molar-refractivity contribution in [2.75, 3.05) is 19.0 Å². The largest absolute Gasteiger partial charge is 0.506 e. The van der Waals surface area contributed by atoms with Crippen LogP contribution in [0.1, 0.15) is 28.8 Å². The third-order valence-corrected chi connectivity index (χ3v) is 5.84. The van der Waals surface area contributed by atoms with Crippen molar-refractivity contribution in [3.8, 4) is 5.75 Å². The van der Waals surface area contributed by atoms with E-state index >= 15 is 0 Å². The Morgan fingerprint density at radius 2 is 1.90 bits per heavy atom. The van der Waals surface area contributed by atoms with Gasteiger partial charge in [-0.05, 0) is 42.3 Å². The number of hydrogen-bond donors (Lipinski definition) is 2. The van der Waals surface area contributed by atoms with Gasteiger partial charge in [-0.3, -0.25) is 14.5 Å². The fourth-order valence-corrected chi connectivity index (χ4v) is 4.18. The lowest BCUT2D eigenvalue weighted by atomic mass is 10.1. The number of carbonyl (C=O) groups is 3. The number of nitrogens with zero attached hydrogens (tertiary/aromatic N) is 1. The molecule has 0 aliphatic carbocycles. The first-order valence-corrected chi connectivity index (χ1v) is 10.6. The summed E-state index contributed by atoms with van der Waals surface area (Å²) in [6.07, 6.45) is 2.32. The Morgan fingerprint density at radius 3 is 2.58 bits per heavy atom. The van der Waals surface area contributed by atoms with Crippen LogP contribution in [0, 0.1) is 0 Å². The minimum Gasteiger partial charge on any atom is -0.506 e. The summed E-state index contributed by atoms with van der Waals surface area (Å²) >= 11 is 6.51. The molecule has 0 aromatic heterocycles. The number of amides is 2. The highest BCUT2D eigenvalue weighted by molar-refractivity contribution is 8.26. The van der Waals surface area contributed by atoms with E-state index in [-0.39, 0.29) is 24.0 Å². The first-order valence-electron chi connectivity index (χ1n) is 9.40. The van der Waals surface area contributed by atoms with Gasteiger partial charge in [0.05, 0.1) is 23.3 Å². The molecule has 0 atom stereocenters. The Balaban J connectivity index is 1.55. The number of hydrogen-bond acceptors (Lipinski definition) is 7. The van der Waals surface area contributed by atoms with Gasteiger partial charge in [0, 0.05) is 13.0 Å². The molecule has 2 amide bonds. The maximum Gasteiger partial charge on any atom is 0.337 e. The van der Waals surface area contributed by atoms with Crippen molar-refractivity contribution in [3.05, 3.63) is 64.6 Å². The monoisotopic (exact) mass is 456 g/mol. The highest BCUT2D eigenvalue weighted by Crippen LogP contribution is 2.32. The number of thiocarbonyl (C=S) groups is 1. The second-order valence-corrected chi connectivity index (χ2v) is 8.29. The minimum absolute atomic E-state index is 0.00227. The van der Waals surface area contributed by atoms with Gasteiger partial charge in [-0.25, -0.2) is 4.79 Å². The maximum atomic E-state index is 12.7. The Bertz CT molecular complexity index is 1050. The van der Waals surface area contributed by atoms with Gasteiger partial charge in [-0.1, -0.05) is 48.2 Å². The van der Waals surface area contributed by atoms with Gasteiger partial charge in [0.15, 0.2) is 0 Å². The van der Waals surface area contributed by atoms with Gasteiger partial charge in [0.1, 0.15) is 10.1 Å². The SMILES string of the molecule is COC(=O)c1ccc(/C=C2\SC(=S)N(CCCC(=O)Nc3ccccc3O)C2=O)cc1. The van der Waals surface area contributed by atoms with Gasteiger partial charge in [0.2, 0.25) is 5.91 Å². The Kier molecular flexibility index (Phi) is 7.43. The van der Waals surface area contributed by atoms with E-state index in [2.05, 4.69) is 10.1 Å². The molecule has 0 radical (unpaired) electrons. The van der Waals surface area contributed by atoms with E-state index in [1.165, 1.54) is 29.8 Å². The van der Waals surface area contributed by atoms with Crippen molar-refractivity contribution in [1.82, 2.24) is 4.90 Å². The van der Waals surface area contributed by atoms with Crippen molar-refractivity contribution in [1.29, 1.82) is 0 Å². The quantitative estimate of drug-likeness (QED) is 0.283. The molecule has 0 unspecified atom stereocenters. The molecule has 1 saturated heterocycles. The van der Waals surface area contributed by atoms with Crippen LogP contribution in [-0.2, 0) is 14.3 Å².